The largest absolute Gasteiger partial charge is 0.446 e. The molecule has 8 heteroatoms. The van der Waals surface area contributed by atoms with E-state index in [-0.39, 0.29) is 6.10 Å². The van der Waals surface area contributed by atoms with Crippen LogP contribution in [0.25, 0.3) is 0 Å². The van der Waals surface area contributed by atoms with Crippen molar-refractivity contribution in [2.24, 2.45) is 5.73 Å². The molecule has 20 heavy (non-hydrogen) atoms. The molecule has 2 aromatic rings. The summed E-state index contributed by atoms with van der Waals surface area (Å²) in [6.07, 6.45) is 1.78. The summed E-state index contributed by atoms with van der Waals surface area (Å²) in [5.74, 6) is 1.84. The number of aromatic amines is 1. The molecule has 1 saturated carbocycles. The van der Waals surface area contributed by atoms with Crippen molar-refractivity contribution < 1.29 is 9.53 Å². The minimum absolute atomic E-state index is 0.0873. The Morgan fingerprint density at radius 3 is 3.15 bits per heavy atom. The zero-order valence-corrected chi connectivity index (χ0v) is 11.5. The van der Waals surface area contributed by atoms with Crippen LogP contribution in [0.3, 0.4) is 0 Å². The first-order valence-corrected chi connectivity index (χ1v) is 7.23. The molecular formula is C12H15N5O2S. The third-order valence-corrected chi connectivity index (χ3v) is 3.96. The summed E-state index contributed by atoms with van der Waals surface area (Å²) in [7, 11) is 0. The van der Waals surface area contributed by atoms with Gasteiger partial charge in [-0.3, -0.25) is 5.10 Å². The molecule has 1 fully saturated rings. The van der Waals surface area contributed by atoms with Crippen LogP contribution in [0.1, 0.15) is 30.9 Å². The Kier molecular flexibility index (Phi) is 3.55. The van der Waals surface area contributed by atoms with Crippen LogP contribution in [-0.2, 0) is 4.74 Å². The molecule has 2 atom stereocenters. The predicted molar refractivity (Wildman–Crippen MR) is 75.0 cm³/mol. The summed E-state index contributed by atoms with van der Waals surface area (Å²) in [6.45, 7) is 0. The highest BCUT2D eigenvalue weighted by molar-refractivity contribution is 7.03. The molecule has 4 N–H and O–H groups in total. The minimum Gasteiger partial charge on any atom is -0.446 e. The minimum atomic E-state index is -0.703. The number of nitrogens with two attached hydrogens (primary N) is 1. The van der Waals surface area contributed by atoms with Gasteiger partial charge in [-0.1, -0.05) is 0 Å². The first-order valence-electron chi connectivity index (χ1n) is 6.39. The van der Waals surface area contributed by atoms with Crippen molar-refractivity contribution in [2.75, 3.05) is 5.32 Å². The predicted octanol–water partition coefficient (Wildman–Crippen LogP) is 2.34. The van der Waals surface area contributed by atoms with Gasteiger partial charge in [0.1, 0.15) is 11.9 Å². The van der Waals surface area contributed by atoms with E-state index in [9.17, 15) is 4.79 Å². The van der Waals surface area contributed by atoms with E-state index in [1.165, 1.54) is 11.5 Å². The van der Waals surface area contributed by atoms with Crippen LogP contribution in [-0.4, -0.2) is 26.8 Å². The summed E-state index contributed by atoms with van der Waals surface area (Å²) in [5.41, 5.74) is 6.08. The Morgan fingerprint density at radius 1 is 1.50 bits per heavy atom. The third-order valence-electron chi connectivity index (χ3n) is 3.40. The van der Waals surface area contributed by atoms with E-state index in [1.807, 2.05) is 17.5 Å². The van der Waals surface area contributed by atoms with Crippen LogP contribution in [0.2, 0.25) is 0 Å². The first kappa shape index (κ1) is 12.9. The SMILES string of the molecule is NC(=O)OC1CCC(c2cc(Nc3ccsn3)n[nH]2)C1. The van der Waals surface area contributed by atoms with Crippen molar-refractivity contribution in [2.45, 2.75) is 31.3 Å². The van der Waals surface area contributed by atoms with Gasteiger partial charge < -0.3 is 15.8 Å². The molecule has 0 bridgehead atoms. The highest BCUT2D eigenvalue weighted by Crippen LogP contribution is 2.35. The van der Waals surface area contributed by atoms with Crippen molar-refractivity contribution in [3.63, 3.8) is 0 Å². The summed E-state index contributed by atoms with van der Waals surface area (Å²) >= 11 is 1.39. The van der Waals surface area contributed by atoms with Gasteiger partial charge in [0.25, 0.3) is 0 Å². The molecular weight excluding hydrogens is 278 g/mol. The molecule has 1 aliphatic rings. The molecule has 2 heterocycles. The molecule has 0 aliphatic heterocycles. The first-order chi connectivity index (χ1) is 9.70. The van der Waals surface area contributed by atoms with E-state index in [0.29, 0.717) is 5.92 Å². The maximum absolute atomic E-state index is 10.7. The van der Waals surface area contributed by atoms with Gasteiger partial charge in [0, 0.05) is 23.1 Å². The number of nitrogens with one attached hydrogen (secondary N) is 2. The highest BCUT2D eigenvalue weighted by Gasteiger charge is 2.29. The van der Waals surface area contributed by atoms with Crippen LogP contribution >= 0.6 is 11.5 Å². The molecule has 2 unspecified atom stereocenters. The lowest BCUT2D eigenvalue weighted by atomic mass is 10.0. The number of carbonyl (C=O) groups excluding carboxylic acids is 1. The summed E-state index contributed by atoms with van der Waals surface area (Å²) in [6, 6.07) is 3.86. The molecule has 0 saturated heterocycles. The fourth-order valence-electron chi connectivity index (χ4n) is 2.51. The topological polar surface area (TPSA) is 106 Å². The van der Waals surface area contributed by atoms with Crippen LogP contribution in [0, 0.1) is 0 Å². The molecule has 0 spiro atoms. The van der Waals surface area contributed by atoms with Gasteiger partial charge in [-0.2, -0.15) is 9.47 Å². The number of rotatable bonds is 4. The number of hydrogen-bond donors (Lipinski definition) is 3. The van der Waals surface area contributed by atoms with E-state index < -0.39 is 6.09 Å². The fraction of sp³-hybridized carbons (Fsp3) is 0.417. The second-order valence-electron chi connectivity index (χ2n) is 4.79. The molecule has 0 aromatic carbocycles. The van der Waals surface area contributed by atoms with Gasteiger partial charge in [0.05, 0.1) is 0 Å². The Hall–Kier alpha value is -2.09. The average molecular weight is 293 g/mol. The van der Waals surface area contributed by atoms with Crippen molar-refractivity contribution in [1.82, 2.24) is 14.6 Å². The van der Waals surface area contributed by atoms with Gasteiger partial charge in [0.15, 0.2) is 5.82 Å². The second kappa shape index (κ2) is 5.49. The number of amides is 1. The Labute approximate surface area is 119 Å². The number of ether oxygens (including phenoxy) is 1. The van der Waals surface area contributed by atoms with Crippen LogP contribution < -0.4 is 11.1 Å². The van der Waals surface area contributed by atoms with Gasteiger partial charge in [-0.25, -0.2) is 4.79 Å². The fourth-order valence-corrected chi connectivity index (χ4v) is 2.98. The second-order valence-corrected chi connectivity index (χ2v) is 5.45. The highest BCUT2D eigenvalue weighted by atomic mass is 32.1. The molecule has 2 aromatic heterocycles. The Bertz CT molecular complexity index is 582. The number of hydrogen-bond acceptors (Lipinski definition) is 6. The van der Waals surface area contributed by atoms with Gasteiger partial charge >= 0.3 is 6.09 Å². The number of H-pyrrole nitrogens is 1. The lowest BCUT2D eigenvalue weighted by Crippen LogP contribution is -2.20. The monoisotopic (exact) mass is 293 g/mol. The lowest BCUT2D eigenvalue weighted by molar-refractivity contribution is 0.109. The summed E-state index contributed by atoms with van der Waals surface area (Å²) < 4.78 is 9.20. The van der Waals surface area contributed by atoms with Crippen LogP contribution in [0.4, 0.5) is 16.4 Å². The Morgan fingerprint density at radius 2 is 2.40 bits per heavy atom. The van der Waals surface area contributed by atoms with E-state index in [1.54, 1.807) is 0 Å². The maximum atomic E-state index is 10.7. The lowest BCUT2D eigenvalue weighted by Gasteiger charge is -2.09. The molecule has 1 aliphatic carbocycles. The molecule has 1 amide bonds. The van der Waals surface area contributed by atoms with Gasteiger partial charge in [-0.15, -0.1) is 0 Å². The van der Waals surface area contributed by atoms with Crippen LogP contribution in [0.5, 0.6) is 0 Å². The van der Waals surface area contributed by atoms with Crippen molar-refractivity contribution in [3.8, 4) is 0 Å². The summed E-state index contributed by atoms with van der Waals surface area (Å²) in [5, 5.41) is 12.3. The third kappa shape index (κ3) is 2.90. The average Bonchev–Trinajstić information content (AvgIpc) is 3.09. The van der Waals surface area contributed by atoms with E-state index in [4.69, 9.17) is 10.5 Å². The number of carbonyl (C=O) groups is 1. The molecule has 0 radical (unpaired) electrons. The molecule has 106 valence electrons. The normalized spacial score (nSPS) is 21.8. The van der Waals surface area contributed by atoms with Crippen molar-refractivity contribution in [3.05, 3.63) is 23.2 Å². The summed E-state index contributed by atoms with van der Waals surface area (Å²) in [4.78, 5) is 10.7. The Balaban J connectivity index is 1.61. The zero-order valence-electron chi connectivity index (χ0n) is 10.7. The number of nitrogens with zero attached hydrogens (tertiary/aromatic N) is 2. The number of primary amides is 1. The van der Waals surface area contributed by atoms with E-state index in [2.05, 4.69) is 19.9 Å². The van der Waals surface area contributed by atoms with E-state index in [0.717, 1.165) is 36.6 Å². The van der Waals surface area contributed by atoms with Gasteiger partial charge in [0.2, 0.25) is 0 Å². The van der Waals surface area contributed by atoms with Crippen LogP contribution in [0.15, 0.2) is 17.5 Å². The van der Waals surface area contributed by atoms with Crippen molar-refractivity contribution >= 4 is 29.3 Å². The maximum Gasteiger partial charge on any atom is 0.404 e. The quantitative estimate of drug-likeness (QED) is 0.802. The van der Waals surface area contributed by atoms with E-state index >= 15 is 0 Å². The smallest absolute Gasteiger partial charge is 0.404 e. The molecule has 3 rings (SSSR count). The number of aromatic nitrogens is 3. The zero-order chi connectivity index (χ0) is 13.9. The van der Waals surface area contributed by atoms with Gasteiger partial charge in [-0.05, 0) is 36.9 Å². The standard InChI is InChI=1S/C12H15N5O2S/c13-12(18)19-8-2-1-7(5-8)9-6-11(16-15-9)14-10-3-4-20-17-10/h3-4,6-8H,1-2,5H2,(H2,13,18)(H2,14,15,16,17). The number of anilines is 2. The molecule has 7 nitrogen and oxygen atoms in total. The van der Waals surface area contributed by atoms with Crippen molar-refractivity contribution in [1.29, 1.82) is 0 Å².